The molecule has 0 aliphatic rings. The molecule has 1 heterocycles. The number of nitrogens with zero attached hydrogens (tertiary/aromatic N) is 2. The molecule has 1 aromatic heterocycles. The predicted octanol–water partition coefficient (Wildman–Crippen LogP) is 0.585. The molecule has 1 amide bonds. The molecular weight excluding hydrogens is 248 g/mol. The molecule has 1 aromatic rings. The Bertz CT molecular complexity index is 409. The van der Waals surface area contributed by atoms with E-state index >= 15 is 0 Å². The molecule has 0 aliphatic carbocycles. The van der Waals surface area contributed by atoms with E-state index in [1.165, 1.54) is 6.33 Å². The number of aromatic amines is 1. The summed E-state index contributed by atoms with van der Waals surface area (Å²) < 4.78 is 5.11. The van der Waals surface area contributed by atoms with Gasteiger partial charge in [-0.2, -0.15) is 5.10 Å². The molecule has 0 aliphatic heterocycles. The maximum Gasteiger partial charge on any atom is 0.306 e. The summed E-state index contributed by atoms with van der Waals surface area (Å²) >= 11 is 0. The zero-order chi connectivity index (χ0) is 14.3. The molecule has 106 valence electrons. The van der Waals surface area contributed by atoms with Gasteiger partial charge in [0.1, 0.15) is 17.8 Å². The topological polar surface area (TPSA) is 97.0 Å². The van der Waals surface area contributed by atoms with Crippen LogP contribution in [0.5, 0.6) is 0 Å². The fourth-order valence-corrected chi connectivity index (χ4v) is 1.37. The van der Waals surface area contributed by atoms with Crippen molar-refractivity contribution in [2.24, 2.45) is 0 Å². The molecule has 0 bridgehead atoms. The second-order valence-electron chi connectivity index (χ2n) is 5.12. The summed E-state index contributed by atoms with van der Waals surface area (Å²) in [6.07, 6.45) is 2.22. The molecule has 0 saturated carbocycles. The molecule has 0 fully saturated rings. The van der Waals surface area contributed by atoms with Gasteiger partial charge in [-0.05, 0) is 20.8 Å². The van der Waals surface area contributed by atoms with Crippen molar-refractivity contribution in [3.05, 3.63) is 12.2 Å². The maximum absolute atomic E-state index is 11.5. The SMILES string of the molecule is CC(C)(C)OC(=O)CCC(=O)NCCc1ncn[nH]1. The lowest BCUT2D eigenvalue weighted by Gasteiger charge is -2.19. The number of amides is 1. The summed E-state index contributed by atoms with van der Waals surface area (Å²) in [5.74, 6) is 0.177. The minimum atomic E-state index is -0.514. The fourth-order valence-electron chi connectivity index (χ4n) is 1.37. The molecule has 1 rings (SSSR count). The van der Waals surface area contributed by atoms with Gasteiger partial charge in [0.15, 0.2) is 0 Å². The number of carbonyl (C=O) groups excluding carboxylic acids is 2. The number of ether oxygens (including phenoxy) is 1. The molecule has 0 atom stereocenters. The smallest absolute Gasteiger partial charge is 0.306 e. The van der Waals surface area contributed by atoms with Crippen molar-refractivity contribution >= 4 is 11.9 Å². The minimum Gasteiger partial charge on any atom is -0.460 e. The standard InChI is InChI=1S/C12H20N4O3/c1-12(2,3)19-11(18)5-4-10(17)13-7-6-9-14-8-15-16-9/h8H,4-7H2,1-3H3,(H,13,17)(H,14,15,16). The Kier molecular flexibility index (Phi) is 5.47. The molecule has 19 heavy (non-hydrogen) atoms. The Morgan fingerprint density at radius 2 is 2.11 bits per heavy atom. The number of H-pyrrole nitrogens is 1. The van der Waals surface area contributed by atoms with Crippen molar-refractivity contribution in [1.82, 2.24) is 20.5 Å². The van der Waals surface area contributed by atoms with Crippen molar-refractivity contribution in [3.63, 3.8) is 0 Å². The zero-order valence-corrected chi connectivity index (χ0v) is 11.5. The highest BCUT2D eigenvalue weighted by atomic mass is 16.6. The zero-order valence-electron chi connectivity index (χ0n) is 11.5. The van der Waals surface area contributed by atoms with Gasteiger partial charge in [0.25, 0.3) is 0 Å². The molecular formula is C12H20N4O3. The third-order valence-corrected chi connectivity index (χ3v) is 2.13. The lowest BCUT2D eigenvalue weighted by molar-refractivity contribution is -0.155. The van der Waals surface area contributed by atoms with Crippen molar-refractivity contribution in [2.75, 3.05) is 6.54 Å². The number of aromatic nitrogens is 3. The Hall–Kier alpha value is -1.92. The van der Waals surface area contributed by atoms with Crippen molar-refractivity contribution in [3.8, 4) is 0 Å². The van der Waals surface area contributed by atoms with Crippen LogP contribution in [0.1, 0.15) is 39.4 Å². The van der Waals surface area contributed by atoms with Crippen molar-refractivity contribution in [2.45, 2.75) is 45.6 Å². The first-order chi connectivity index (χ1) is 8.87. The van der Waals surface area contributed by atoms with Gasteiger partial charge in [-0.15, -0.1) is 0 Å². The maximum atomic E-state index is 11.5. The van der Waals surface area contributed by atoms with E-state index in [9.17, 15) is 9.59 Å². The van der Waals surface area contributed by atoms with Gasteiger partial charge in [-0.3, -0.25) is 14.7 Å². The van der Waals surface area contributed by atoms with Crippen LogP contribution in [-0.2, 0) is 20.7 Å². The normalized spacial score (nSPS) is 11.1. The van der Waals surface area contributed by atoms with Crippen molar-refractivity contribution < 1.29 is 14.3 Å². The van der Waals surface area contributed by atoms with Crippen LogP contribution in [0.3, 0.4) is 0 Å². The van der Waals surface area contributed by atoms with Crippen LogP contribution in [0.25, 0.3) is 0 Å². The number of nitrogens with one attached hydrogen (secondary N) is 2. The lowest BCUT2D eigenvalue weighted by Crippen LogP contribution is -2.28. The average molecular weight is 268 g/mol. The van der Waals surface area contributed by atoms with Gasteiger partial charge < -0.3 is 10.1 Å². The summed E-state index contributed by atoms with van der Waals surface area (Å²) in [4.78, 5) is 26.8. The van der Waals surface area contributed by atoms with E-state index in [1.807, 2.05) is 0 Å². The van der Waals surface area contributed by atoms with Gasteiger partial charge in [0, 0.05) is 19.4 Å². The van der Waals surface area contributed by atoms with Crippen LogP contribution >= 0.6 is 0 Å². The first-order valence-corrected chi connectivity index (χ1v) is 6.19. The van der Waals surface area contributed by atoms with E-state index < -0.39 is 5.60 Å². The Morgan fingerprint density at radius 1 is 1.37 bits per heavy atom. The predicted molar refractivity (Wildman–Crippen MR) is 68.2 cm³/mol. The van der Waals surface area contributed by atoms with E-state index in [1.54, 1.807) is 20.8 Å². The van der Waals surface area contributed by atoms with Crippen LogP contribution in [0.4, 0.5) is 0 Å². The summed E-state index contributed by atoms with van der Waals surface area (Å²) in [7, 11) is 0. The number of hydrogen-bond acceptors (Lipinski definition) is 5. The van der Waals surface area contributed by atoms with Gasteiger partial charge >= 0.3 is 5.97 Å². The molecule has 0 saturated heterocycles. The second kappa shape index (κ2) is 6.86. The van der Waals surface area contributed by atoms with E-state index in [2.05, 4.69) is 20.5 Å². The Morgan fingerprint density at radius 3 is 2.68 bits per heavy atom. The Balaban J connectivity index is 2.12. The first-order valence-electron chi connectivity index (χ1n) is 6.19. The average Bonchev–Trinajstić information content (AvgIpc) is 2.77. The minimum absolute atomic E-state index is 0.0887. The van der Waals surface area contributed by atoms with Gasteiger partial charge in [-0.25, -0.2) is 4.98 Å². The number of carbonyl (C=O) groups is 2. The lowest BCUT2D eigenvalue weighted by atomic mass is 10.2. The summed E-state index contributed by atoms with van der Waals surface area (Å²) in [6, 6.07) is 0. The number of esters is 1. The van der Waals surface area contributed by atoms with E-state index in [0.29, 0.717) is 18.8 Å². The van der Waals surface area contributed by atoms with Gasteiger partial charge in [0.2, 0.25) is 5.91 Å². The summed E-state index contributed by atoms with van der Waals surface area (Å²) in [5, 5.41) is 9.11. The molecule has 0 radical (unpaired) electrons. The van der Waals surface area contributed by atoms with E-state index in [-0.39, 0.29) is 24.7 Å². The summed E-state index contributed by atoms with van der Waals surface area (Å²) in [6.45, 7) is 5.84. The second-order valence-corrected chi connectivity index (χ2v) is 5.12. The van der Waals surface area contributed by atoms with Gasteiger partial charge in [-0.1, -0.05) is 0 Å². The number of rotatable bonds is 6. The first kappa shape index (κ1) is 15.1. The molecule has 7 heteroatoms. The van der Waals surface area contributed by atoms with Crippen LogP contribution in [0.15, 0.2) is 6.33 Å². The molecule has 0 unspecified atom stereocenters. The molecule has 7 nitrogen and oxygen atoms in total. The van der Waals surface area contributed by atoms with Gasteiger partial charge in [0.05, 0.1) is 6.42 Å². The quantitative estimate of drug-likeness (QED) is 0.736. The number of hydrogen-bond donors (Lipinski definition) is 2. The molecule has 2 N–H and O–H groups in total. The monoisotopic (exact) mass is 268 g/mol. The van der Waals surface area contributed by atoms with E-state index in [0.717, 1.165) is 0 Å². The third kappa shape index (κ3) is 7.17. The van der Waals surface area contributed by atoms with Crippen LogP contribution < -0.4 is 5.32 Å². The van der Waals surface area contributed by atoms with Crippen LogP contribution in [0.2, 0.25) is 0 Å². The highest BCUT2D eigenvalue weighted by Crippen LogP contribution is 2.08. The van der Waals surface area contributed by atoms with Crippen LogP contribution in [-0.4, -0.2) is 39.2 Å². The Labute approximate surface area is 112 Å². The largest absolute Gasteiger partial charge is 0.460 e. The highest BCUT2D eigenvalue weighted by Gasteiger charge is 2.16. The van der Waals surface area contributed by atoms with E-state index in [4.69, 9.17) is 4.74 Å². The molecule has 0 spiro atoms. The van der Waals surface area contributed by atoms with Crippen LogP contribution in [0, 0.1) is 0 Å². The molecule has 0 aromatic carbocycles. The highest BCUT2D eigenvalue weighted by molar-refractivity contribution is 5.81. The third-order valence-electron chi connectivity index (χ3n) is 2.13. The van der Waals surface area contributed by atoms with Crippen molar-refractivity contribution in [1.29, 1.82) is 0 Å². The fraction of sp³-hybridized carbons (Fsp3) is 0.667. The summed E-state index contributed by atoms with van der Waals surface area (Å²) in [5.41, 5.74) is -0.514.